The van der Waals surface area contributed by atoms with E-state index in [-0.39, 0.29) is 11.4 Å². The highest BCUT2D eigenvalue weighted by molar-refractivity contribution is 5.80. The minimum absolute atomic E-state index is 0.139. The summed E-state index contributed by atoms with van der Waals surface area (Å²) in [5, 5.41) is 0. The van der Waals surface area contributed by atoms with Crippen molar-refractivity contribution in [3.05, 3.63) is 35.4 Å². The second-order valence-electron chi connectivity index (χ2n) is 5.45. The minimum Gasteiger partial charge on any atom is -0.336 e. The summed E-state index contributed by atoms with van der Waals surface area (Å²) in [5.74, 6) is 0.203. The second-order valence-corrected chi connectivity index (χ2v) is 5.45. The quantitative estimate of drug-likeness (QED) is 0.885. The maximum atomic E-state index is 12.4. The molecule has 0 aromatic heterocycles. The van der Waals surface area contributed by atoms with Gasteiger partial charge in [-0.15, -0.1) is 0 Å². The van der Waals surface area contributed by atoms with Crippen molar-refractivity contribution in [1.82, 2.24) is 4.90 Å². The van der Waals surface area contributed by atoms with Crippen LogP contribution in [0.5, 0.6) is 0 Å². The first-order valence-electron chi connectivity index (χ1n) is 6.62. The highest BCUT2D eigenvalue weighted by Gasteiger charge is 2.38. The van der Waals surface area contributed by atoms with Crippen LogP contribution in [0, 0.1) is 6.92 Å². The molecule has 1 heterocycles. The number of likely N-dealkylation sites (tertiary alicyclic amines) is 1. The van der Waals surface area contributed by atoms with Crippen LogP contribution in [-0.4, -0.2) is 29.4 Å². The molecule has 3 heteroatoms. The number of rotatable bonds is 3. The van der Waals surface area contributed by atoms with Crippen LogP contribution >= 0.6 is 0 Å². The van der Waals surface area contributed by atoms with Crippen molar-refractivity contribution in [2.24, 2.45) is 5.73 Å². The fourth-order valence-electron chi connectivity index (χ4n) is 2.73. The number of aryl methyl sites for hydroxylation is 1. The Balaban J connectivity index is 2.11. The Morgan fingerprint density at radius 3 is 2.83 bits per heavy atom. The van der Waals surface area contributed by atoms with Crippen LogP contribution in [0.3, 0.4) is 0 Å². The predicted molar refractivity (Wildman–Crippen MR) is 73.3 cm³/mol. The molecule has 0 radical (unpaired) electrons. The molecule has 2 rings (SSSR count). The smallest absolute Gasteiger partial charge is 0.227 e. The Hall–Kier alpha value is -1.35. The van der Waals surface area contributed by atoms with Crippen molar-refractivity contribution in [3.63, 3.8) is 0 Å². The van der Waals surface area contributed by atoms with Gasteiger partial charge in [-0.3, -0.25) is 4.79 Å². The Morgan fingerprint density at radius 1 is 1.44 bits per heavy atom. The Morgan fingerprint density at radius 2 is 2.17 bits per heavy atom. The van der Waals surface area contributed by atoms with Crippen LogP contribution in [0.1, 0.15) is 30.9 Å². The molecule has 3 nitrogen and oxygen atoms in total. The Labute approximate surface area is 109 Å². The SMILES string of the molecule is Cc1ccccc1CC(=O)N1CCCC1(C)CN. The summed E-state index contributed by atoms with van der Waals surface area (Å²) >= 11 is 0. The average Bonchev–Trinajstić information content (AvgIpc) is 2.75. The lowest BCUT2D eigenvalue weighted by atomic mass is 9.98. The number of nitrogens with two attached hydrogens (primary N) is 1. The molecule has 0 aliphatic carbocycles. The first-order valence-corrected chi connectivity index (χ1v) is 6.62. The third-order valence-corrected chi connectivity index (χ3v) is 4.09. The monoisotopic (exact) mass is 246 g/mol. The normalized spacial score (nSPS) is 23.4. The fourth-order valence-corrected chi connectivity index (χ4v) is 2.73. The van der Waals surface area contributed by atoms with Crippen molar-refractivity contribution in [1.29, 1.82) is 0 Å². The molecule has 1 aliphatic rings. The minimum atomic E-state index is -0.139. The van der Waals surface area contributed by atoms with Crippen molar-refractivity contribution >= 4 is 5.91 Å². The summed E-state index contributed by atoms with van der Waals surface area (Å²) in [6, 6.07) is 8.07. The third-order valence-electron chi connectivity index (χ3n) is 4.09. The van der Waals surface area contributed by atoms with Crippen molar-refractivity contribution in [2.75, 3.05) is 13.1 Å². The number of nitrogens with zero attached hydrogens (tertiary/aromatic N) is 1. The molecule has 1 amide bonds. The van der Waals surface area contributed by atoms with Crippen LogP contribution in [-0.2, 0) is 11.2 Å². The number of hydrogen-bond acceptors (Lipinski definition) is 2. The number of hydrogen-bond donors (Lipinski definition) is 1. The van der Waals surface area contributed by atoms with Gasteiger partial charge in [0.1, 0.15) is 0 Å². The van der Waals surface area contributed by atoms with E-state index in [0.29, 0.717) is 13.0 Å². The third kappa shape index (κ3) is 2.41. The van der Waals surface area contributed by atoms with E-state index >= 15 is 0 Å². The van der Waals surface area contributed by atoms with E-state index < -0.39 is 0 Å². The predicted octanol–water partition coefficient (Wildman–Crippen LogP) is 1.88. The zero-order valence-corrected chi connectivity index (χ0v) is 11.3. The molecule has 0 bridgehead atoms. The molecule has 18 heavy (non-hydrogen) atoms. The molecule has 1 aliphatic heterocycles. The van der Waals surface area contributed by atoms with Crippen LogP contribution in [0.2, 0.25) is 0 Å². The van der Waals surface area contributed by atoms with E-state index in [1.165, 1.54) is 5.56 Å². The Bertz CT molecular complexity index is 444. The highest BCUT2D eigenvalue weighted by Crippen LogP contribution is 2.28. The summed E-state index contributed by atoms with van der Waals surface area (Å²) in [4.78, 5) is 14.4. The molecule has 1 aromatic rings. The van der Waals surface area contributed by atoms with E-state index in [1.54, 1.807) is 0 Å². The van der Waals surface area contributed by atoms with Gasteiger partial charge in [-0.05, 0) is 37.8 Å². The number of carbonyl (C=O) groups is 1. The lowest BCUT2D eigenvalue weighted by Gasteiger charge is -2.34. The first kappa shape index (κ1) is 13.1. The fraction of sp³-hybridized carbons (Fsp3) is 0.533. The molecule has 1 aromatic carbocycles. The van der Waals surface area contributed by atoms with E-state index in [1.807, 2.05) is 23.1 Å². The first-order chi connectivity index (χ1) is 8.57. The summed E-state index contributed by atoms with van der Waals surface area (Å²) < 4.78 is 0. The van der Waals surface area contributed by atoms with Gasteiger partial charge >= 0.3 is 0 Å². The maximum absolute atomic E-state index is 12.4. The zero-order valence-electron chi connectivity index (χ0n) is 11.3. The summed E-state index contributed by atoms with van der Waals surface area (Å²) in [6.07, 6.45) is 2.57. The molecule has 0 spiro atoms. The van der Waals surface area contributed by atoms with Crippen molar-refractivity contribution < 1.29 is 4.79 Å². The highest BCUT2D eigenvalue weighted by atomic mass is 16.2. The van der Waals surface area contributed by atoms with Gasteiger partial charge in [0.25, 0.3) is 0 Å². The summed E-state index contributed by atoms with van der Waals surface area (Å²) in [5.41, 5.74) is 7.99. The van der Waals surface area contributed by atoms with Gasteiger partial charge in [-0.25, -0.2) is 0 Å². The van der Waals surface area contributed by atoms with Crippen molar-refractivity contribution in [2.45, 2.75) is 38.6 Å². The average molecular weight is 246 g/mol. The Kier molecular flexibility index (Phi) is 3.71. The lowest BCUT2D eigenvalue weighted by molar-refractivity contribution is -0.133. The van der Waals surface area contributed by atoms with Crippen LogP contribution in [0.25, 0.3) is 0 Å². The van der Waals surface area contributed by atoms with Gasteiger partial charge in [0.15, 0.2) is 0 Å². The van der Waals surface area contributed by atoms with E-state index in [0.717, 1.165) is 24.9 Å². The van der Waals surface area contributed by atoms with E-state index in [2.05, 4.69) is 19.9 Å². The molecule has 1 saturated heterocycles. The zero-order chi connectivity index (χ0) is 13.2. The molecular formula is C15H22N2O. The van der Waals surface area contributed by atoms with E-state index in [9.17, 15) is 4.79 Å². The van der Waals surface area contributed by atoms with Crippen LogP contribution < -0.4 is 5.73 Å². The largest absolute Gasteiger partial charge is 0.336 e. The molecular weight excluding hydrogens is 224 g/mol. The summed E-state index contributed by atoms with van der Waals surface area (Å²) in [6.45, 7) is 5.54. The van der Waals surface area contributed by atoms with Gasteiger partial charge in [0.2, 0.25) is 5.91 Å². The standard InChI is InChI=1S/C15H22N2O/c1-12-6-3-4-7-13(12)10-14(18)17-9-5-8-15(17,2)11-16/h3-4,6-7H,5,8-11,16H2,1-2H3. The van der Waals surface area contributed by atoms with Gasteiger partial charge in [-0.1, -0.05) is 24.3 Å². The van der Waals surface area contributed by atoms with E-state index in [4.69, 9.17) is 5.73 Å². The molecule has 1 unspecified atom stereocenters. The van der Waals surface area contributed by atoms with Crippen molar-refractivity contribution in [3.8, 4) is 0 Å². The number of amides is 1. The molecule has 1 atom stereocenters. The topological polar surface area (TPSA) is 46.3 Å². The molecule has 0 saturated carbocycles. The van der Waals surface area contributed by atoms with Crippen LogP contribution in [0.4, 0.5) is 0 Å². The number of carbonyl (C=O) groups excluding carboxylic acids is 1. The summed E-state index contributed by atoms with van der Waals surface area (Å²) in [7, 11) is 0. The number of benzene rings is 1. The van der Waals surface area contributed by atoms with Gasteiger partial charge in [-0.2, -0.15) is 0 Å². The van der Waals surface area contributed by atoms with Crippen LogP contribution in [0.15, 0.2) is 24.3 Å². The maximum Gasteiger partial charge on any atom is 0.227 e. The lowest BCUT2D eigenvalue weighted by Crippen LogP contribution is -2.50. The van der Waals surface area contributed by atoms with Gasteiger partial charge < -0.3 is 10.6 Å². The molecule has 2 N–H and O–H groups in total. The molecule has 1 fully saturated rings. The van der Waals surface area contributed by atoms with Gasteiger partial charge in [0.05, 0.1) is 12.0 Å². The second kappa shape index (κ2) is 5.11. The van der Waals surface area contributed by atoms with Gasteiger partial charge in [0, 0.05) is 13.1 Å². The molecule has 98 valence electrons.